The number of hydrogen-bond acceptors (Lipinski definition) is 6. The number of benzene rings is 1. The third-order valence-electron chi connectivity index (χ3n) is 4.99. The van der Waals surface area contributed by atoms with Crippen LogP contribution >= 0.6 is 0 Å². The van der Waals surface area contributed by atoms with Gasteiger partial charge in [-0.25, -0.2) is 12.7 Å². The lowest BCUT2D eigenvalue weighted by atomic mass is 9.85. The van der Waals surface area contributed by atoms with Crippen molar-refractivity contribution in [3.63, 3.8) is 0 Å². The molecule has 9 nitrogen and oxygen atoms in total. The maximum absolute atomic E-state index is 13.2. The van der Waals surface area contributed by atoms with E-state index in [0.717, 1.165) is 16.1 Å². The fourth-order valence-corrected chi connectivity index (χ4v) is 3.54. The monoisotopic (exact) mass is 470 g/mol. The SMILES string of the molecule is CN(C)CC(=O)NC(C(=O)NC(Cc1ccccc1)C(O)CN(C)S(C)(=O)=O)C(C)(C)C. The molecule has 3 atom stereocenters. The molecular formula is C22H38N4O5S. The van der Waals surface area contributed by atoms with Crippen molar-refractivity contribution in [3.05, 3.63) is 35.9 Å². The highest BCUT2D eigenvalue weighted by molar-refractivity contribution is 7.88. The number of aliphatic hydroxyl groups is 1. The summed E-state index contributed by atoms with van der Waals surface area (Å²) in [5.74, 6) is -0.728. The van der Waals surface area contributed by atoms with E-state index in [0.29, 0.717) is 6.42 Å². The number of amides is 2. The molecule has 3 unspecified atom stereocenters. The van der Waals surface area contributed by atoms with Gasteiger partial charge in [-0.2, -0.15) is 0 Å². The van der Waals surface area contributed by atoms with Crippen LogP contribution < -0.4 is 10.6 Å². The van der Waals surface area contributed by atoms with Crippen molar-refractivity contribution in [2.24, 2.45) is 5.41 Å². The highest BCUT2D eigenvalue weighted by atomic mass is 32.2. The van der Waals surface area contributed by atoms with Gasteiger partial charge in [-0.15, -0.1) is 0 Å². The Bertz CT molecular complexity index is 853. The van der Waals surface area contributed by atoms with Gasteiger partial charge in [-0.05, 0) is 31.5 Å². The van der Waals surface area contributed by atoms with E-state index < -0.39 is 39.5 Å². The van der Waals surface area contributed by atoms with Crippen molar-refractivity contribution in [2.45, 2.75) is 45.4 Å². The van der Waals surface area contributed by atoms with Crippen molar-refractivity contribution < 1.29 is 23.1 Å². The molecule has 3 N–H and O–H groups in total. The highest BCUT2D eigenvalue weighted by Gasteiger charge is 2.35. The maximum atomic E-state index is 13.2. The zero-order valence-electron chi connectivity index (χ0n) is 20.1. The minimum atomic E-state index is -3.50. The zero-order valence-corrected chi connectivity index (χ0v) is 20.9. The lowest BCUT2D eigenvalue weighted by Gasteiger charge is -2.34. The fourth-order valence-electron chi connectivity index (χ4n) is 3.11. The molecule has 1 rings (SSSR count). The van der Waals surface area contributed by atoms with Crippen LogP contribution in [-0.4, -0.2) is 93.2 Å². The van der Waals surface area contributed by atoms with Crippen LogP contribution in [-0.2, 0) is 26.0 Å². The third kappa shape index (κ3) is 9.64. The number of hydrogen-bond donors (Lipinski definition) is 3. The highest BCUT2D eigenvalue weighted by Crippen LogP contribution is 2.20. The maximum Gasteiger partial charge on any atom is 0.243 e. The molecule has 0 aliphatic rings. The Hall–Kier alpha value is -2.01. The van der Waals surface area contributed by atoms with Crippen LogP contribution in [0, 0.1) is 5.41 Å². The summed E-state index contributed by atoms with van der Waals surface area (Å²) in [6.07, 6.45) is 0.200. The van der Waals surface area contributed by atoms with Crippen LogP contribution in [0.4, 0.5) is 0 Å². The van der Waals surface area contributed by atoms with E-state index in [1.807, 2.05) is 51.1 Å². The molecular weight excluding hydrogens is 432 g/mol. The summed E-state index contributed by atoms with van der Waals surface area (Å²) in [7, 11) is 1.39. The second-order valence-corrected chi connectivity index (χ2v) is 11.6. The average Bonchev–Trinajstić information content (AvgIpc) is 2.64. The second kappa shape index (κ2) is 11.7. The Morgan fingerprint density at radius 2 is 1.62 bits per heavy atom. The van der Waals surface area contributed by atoms with E-state index in [4.69, 9.17) is 0 Å². The largest absolute Gasteiger partial charge is 0.390 e. The van der Waals surface area contributed by atoms with Crippen LogP contribution in [0.5, 0.6) is 0 Å². The summed E-state index contributed by atoms with van der Waals surface area (Å²) in [6.45, 7) is 5.48. The van der Waals surface area contributed by atoms with Gasteiger partial charge in [0.25, 0.3) is 0 Å². The predicted octanol–water partition coefficient (Wildman–Crippen LogP) is 0.0587. The van der Waals surface area contributed by atoms with Gasteiger partial charge in [0.1, 0.15) is 6.04 Å². The van der Waals surface area contributed by atoms with Crippen LogP contribution in [0.25, 0.3) is 0 Å². The molecule has 182 valence electrons. The Kier molecular flexibility index (Phi) is 10.3. The first kappa shape index (κ1) is 28.0. The summed E-state index contributed by atoms with van der Waals surface area (Å²) in [6, 6.07) is 7.70. The summed E-state index contributed by atoms with van der Waals surface area (Å²) in [4.78, 5) is 27.2. The topological polar surface area (TPSA) is 119 Å². The van der Waals surface area contributed by atoms with Gasteiger partial charge in [0, 0.05) is 13.6 Å². The number of rotatable bonds is 11. The van der Waals surface area contributed by atoms with Crippen LogP contribution in [0.15, 0.2) is 30.3 Å². The van der Waals surface area contributed by atoms with E-state index in [1.165, 1.54) is 7.05 Å². The van der Waals surface area contributed by atoms with Gasteiger partial charge in [-0.3, -0.25) is 9.59 Å². The van der Waals surface area contributed by atoms with Gasteiger partial charge in [0.05, 0.1) is 24.9 Å². The summed E-state index contributed by atoms with van der Waals surface area (Å²) >= 11 is 0. The molecule has 10 heteroatoms. The first-order chi connectivity index (χ1) is 14.6. The summed E-state index contributed by atoms with van der Waals surface area (Å²) in [5.41, 5.74) is 0.292. The predicted molar refractivity (Wildman–Crippen MR) is 125 cm³/mol. The zero-order chi connectivity index (χ0) is 24.7. The number of carbonyl (C=O) groups is 2. The Morgan fingerprint density at radius 1 is 1.06 bits per heavy atom. The Balaban J connectivity index is 3.10. The van der Waals surface area contributed by atoms with Crippen molar-refractivity contribution >= 4 is 21.8 Å². The number of carbonyl (C=O) groups excluding carboxylic acids is 2. The van der Waals surface area contributed by atoms with E-state index in [-0.39, 0.29) is 19.0 Å². The molecule has 0 fully saturated rings. The van der Waals surface area contributed by atoms with Crippen LogP contribution in [0.3, 0.4) is 0 Å². The third-order valence-corrected chi connectivity index (χ3v) is 6.28. The summed E-state index contributed by atoms with van der Waals surface area (Å²) in [5, 5.41) is 16.5. The van der Waals surface area contributed by atoms with E-state index in [1.54, 1.807) is 19.0 Å². The van der Waals surface area contributed by atoms with Crippen molar-refractivity contribution in [3.8, 4) is 0 Å². The lowest BCUT2D eigenvalue weighted by Crippen LogP contribution is -2.59. The van der Waals surface area contributed by atoms with Gasteiger partial charge in [-0.1, -0.05) is 51.1 Å². The Morgan fingerprint density at radius 3 is 2.09 bits per heavy atom. The van der Waals surface area contributed by atoms with E-state index >= 15 is 0 Å². The molecule has 0 aliphatic carbocycles. The number of nitrogens with one attached hydrogen (secondary N) is 2. The fraction of sp³-hybridized carbons (Fsp3) is 0.636. The number of sulfonamides is 1. The van der Waals surface area contributed by atoms with E-state index in [2.05, 4.69) is 10.6 Å². The van der Waals surface area contributed by atoms with Gasteiger partial charge in [0.15, 0.2) is 0 Å². The normalized spacial score (nSPS) is 15.3. The van der Waals surface area contributed by atoms with Crippen LogP contribution in [0.1, 0.15) is 26.3 Å². The smallest absolute Gasteiger partial charge is 0.243 e. The first-order valence-electron chi connectivity index (χ1n) is 10.5. The average molecular weight is 471 g/mol. The van der Waals surface area contributed by atoms with Gasteiger partial charge >= 0.3 is 0 Å². The standard InChI is InChI=1S/C22H38N4O5S/c1-22(2,3)20(24-19(28)15-25(4)5)21(29)23-17(13-16-11-9-8-10-12-16)18(27)14-26(6)32(7,30)31/h8-12,17-18,20,27H,13-15H2,1-7H3,(H,23,29)(H,24,28). The molecule has 0 spiro atoms. The van der Waals surface area contributed by atoms with Crippen molar-refractivity contribution in [1.82, 2.24) is 19.8 Å². The van der Waals surface area contributed by atoms with Gasteiger partial charge < -0.3 is 20.6 Å². The number of aliphatic hydroxyl groups excluding tert-OH is 1. The number of nitrogens with zero attached hydrogens (tertiary/aromatic N) is 2. The molecule has 1 aromatic rings. The molecule has 0 aliphatic heterocycles. The molecule has 32 heavy (non-hydrogen) atoms. The second-order valence-electron chi connectivity index (χ2n) is 9.52. The van der Waals surface area contributed by atoms with Gasteiger partial charge in [0.2, 0.25) is 21.8 Å². The van der Waals surface area contributed by atoms with E-state index in [9.17, 15) is 23.1 Å². The quantitative estimate of drug-likeness (QED) is 0.421. The van der Waals surface area contributed by atoms with Crippen molar-refractivity contribution in [2.75, 3.05) is 40.5 Å². The lowest BCUT2D eigenvalue weighted by molar-refractivity contribution is -0.132. The Labute approximate surface area is 192 Å². The molecule has 0 aromatic heterocycles. The molecule has 0 bridgehead atoms. The molecule has 2 amide bonds. The first-order valence-corrected chi connectivity index (χ1v) is 12.3. The molecule has 0 heterocycles. The van der Waals surface area contributed by atoms with Crippen molar-refractivity contribution in [1.29, 1.82) is 0 Å². The minimum absolute atomic E-state index is 0.134. The minimum Gasteiger partial charge on any atom is -0.390 e. The number of likely N-dealkylation sites (N-methyl/N-ethyl adjacent to an activating group) is 2. The molecule has 0 radical (unpaired) electrons. The molecule has 1 aromatic carbocycles. The molecule has 0 saturated carbocycles. The summed E-state index contributed by atoms with van der Waals surface area (Å²) < 4.78 is 24.6. The van der Waals surface area contributed by atoms with Crippen LogP contribution in [0.2, 0.25) is 0 Å². The molecule has 0 saturated heterocycles.